The normalized spacial score (nSPS) is 25.6. The van der Waals surface area contributed by atoms with E-state index in [4.69, 9.17) is 23.2 Å². The Morgan fingerprint density at radius 2 is 2.06 bits per heavy atom. The van der Waals surface area contributed by atoms with Gasteiger partial charge in [-0.25, -0.2) is 13.4 Å². The monoisotopic (exact) mass is 308 g/mol. The van der Waals surface area contributed by atoms with E-state index in [1.165, 1.54) is 16.6 Å². The number of sulfonamides is 1. The highest BCUT2D eigenvalue weighted by Gasteiger charge is 2.36. The van der Waals surface area contributed by atoms with Crippen LogP contribution in [0.1, 0.15) is 20.3 Å². The average molecular weight is 309 g/mol. The number of nitrogens with zero attached hydrogens (tertiary/aromatic N) is 2. The van der Waals surface area contributed by atoms with Gasteiger partial charge >= 0.3 is 0 Å². The number of hydrogen-bond acceptors (Lipinski definition) is 3. The van der Waals surface area contributed by atoms with Gasteiger partial charge in [-0.2, -0.15) is 4.31 Å². The van der Waals surface area contributed by atoms with E-state index in [9.17, 15) is 8.42 Å². The lowest BCUT2D eigenvalue weighted by Gasteiger charge is -2.20. The molecule has 2 unspecified atom stereocenters. The SMILES string of the molecule is CC1CC(C)N(S(=O)(=O)c2cnc(Cl)c(Cl)c2)C1. The van der Waals surface area contributed by atoms with Crippen LogP contribution in [-0.2, 0) is 10.0 Å². The zero-order chi connectivity index (χ0) is 13.5. The molecule has 4 nitrogen and oxygen atoms in total. The fourth-order valence-corrected chi connectivity index (χ4v) is 4.35. The van der Waals surface area contributed by atoms with Crippen molar-refractivity contribution < 1.29 is 8.42 Å². The highest BCUT2D eigenvalue weighted by Crippen LogP contribution is 2.30. The Morgan fingerprint density at radius 1 is 1.39 bits per heavy atom. The van der Waals surface area contributed by atoms with Crippen molar-refractivity contribution in [2.24, 2.45) is 5.92 Å². The van der Waals surface area contributed by atoms with Gasteiger partial charge in [0.15, 0.2) is 0 Å². The largest absolute Gasteiger partial charge is 0.244 e. The summed E-state index contributed by atoms with van der Waals surface area (Å²) in [5.74, 6) is 0.366. The minimum absolute atomic E-state index is 0.000506. The highest BCUT2D eigenvalue weighted by atomic mass is 35.5. The van der Waals surface area contributed by atoms with Gasteiger partial charge in [-0.15, -0.1) is 0 Å². The summed E-state index contributed by atoms with van der Waals surface area (Å²) in [7, 11) is -3.53. The molecular formula is C11H14Cl2N2O2S. The Balaban J connectivity index is 2.39. The predicted molar refractivity (Wildman–Crippen MR) is 71.4 cm³/mol. The summed E-state index contributed by atoms with van der Waals surface area (Å²) >= 11 is 11.5. The third-order valence-electron chi connectivity index (χ3n) is 3.10. The maximum Gasteiger partial charge on any atom is 0.244 e. The number of halogens is 2. The highest BCUT2D eigenvalue weighted by molar-refractivity contribution is 7.89. The predicted octanol–water partition coefficient (Wildman–Crippen LogP) is 2.81. The van der Waals surface area contributed by atoms with Gasteiger partial charge in [0, 0.05) is 18.8 Å². The van der Waals surface area contributed by atoms with E-state index in [0.717, 1.165) is 6.42 Å². The lowest BCUT2D eigenvalue weighted by atomic mass is 10.1. The lowest BCUT2D eigenvalue weighted by molar-refractivity contribution is 0.405. The van der Waals surface area contributed by atoms with Crippen LogP contribution < -0.4 is 0 Å². The van der Waals surface area contributed by atoms with Crippen LogP contribution in [0.15, 0.2) is 17.2 Å². The molecule has 1 aliphatic heterocycles. The number of hydrogen-bond donors (Lipinski definition) is 0. The maximum atomic E-state index is 12.4. The summed E-state index contributed by atoms with van der Waals surface area (Å²) in [4.78, 5) is 3.88. The van der Waals surface area contributed by atoms with E-state index < -0.39 is 10.0 Å². The first-order chi connectivity index (χ1) is 8.32. The molecule has 2 heterocycles. The van der Waals surface area contributed by atoms with E-state index in [-0.39, 0.29) is 21.1 Å². The second kappa shape index (κ2) is 4.96. The van der Waals surface area contributed by atoms with Gasteiger partial charge in [-0.3, -0.25) is 0 Å². The van der Waals surface area contributed by atoms with Gasteiger partial charge < -0.3 is 0 Å². The molecule has 0 aromatic carbocycles. The van der Waals surface area contributed by atoms with Crippen LogP contribution in [0.2, 0.25) is 10.2 Å². The smallest absolute Gasteiger partial charge is 0.242 e. The second-order valence-electron chi connectivity index (χ2n) is 4.71. The molecule has 7 heteroatoms. The van der Waals surface area contributed by atoms with Gasteiger partial charge in [0.25, 0.3) is 0 Å². The molecule has 0 saturated carbocycles. The van der Waals surface area contributed by atoms with Crippen LogP contribution in [0.5, 0.6) is 0 Å². The van der Waals surface area contributed by atoms with Crippen molar-refractivity contribution in [2.75, 3.05) is 6.54 Å². The average Bonchev–Trinajstić information content (AvgIpc) is 2.62. The van der Waals surface area contributed by atoms with Crippen LogP contribution in [0.3, 0.4) is 0 Å². The first-order valence-corrected chi connectivity index (χ1v) is 7.85. The second-order valence-corrected chi connectivity index (χ2v) is 7.36. The topological polar surface area (TPSA) is 50.3 Å². The standard InChI is InChI=1S/C11H14Cl2N2O2S/c1-7-3-8(2)15(6-7)18(16,17)9-4-10(12)11(13)14-5-9/h4-5,7-8H,3,6H2,1-2H3. The van der Waals surface area contributed by atoms with Gasteiger partial charge in [0.2, 0.25) is 10.0 Å². The molecule has 0 bridgehead atoms. The van der Waals surface area contributed by atoms with Crippen molar-refractivity contribution in [3.63, 3.8) is 0 Å². The Kier molecular flexibility index (Phi) is 3.88. The first kappa shape index (κ1) is 14.1. The Labute approximate surface area is 117 Å². The summed E-state index contributed by atoms with van der Waals surface area (Å²) < 4.78 is 26.4. The summed E-state index contributed by atoms with van der Waals surface area (Å²) in [5, 5.41) is 0.260. The minimum atomic E-state index is -3.53. The molecule has 1 saturated heterocycles. The van der Waals surface area contributed by atoms with Crippen molar-refractivity contribution in [1.29, 1.82) is 0 Å². The number of pyridine rings is 1. The van der Waals surface area contributed by atoms with Crippen molar-refractivity contribution in [1.82, 2.24) is 9.29 Å². The molecule has 1 aliphatic rings. The van der Waals surface area contributed by atoms with Crippen molar-refractivity contribution in [3.05, 3.63) is 22.4 Å². The van der Waals surface area contributed by atoms with Crippen molar-refractivity contribution >= 4 is 33.2 Å². The molecule has 1 fully saturated rings. The zero-order valence-corrected chi connectivity index (χ0v) is 12.4. The number of rotatable bonds is 2. The van der Waals surface area contributed by atoms with E-state index in [0.29, 0.717) is 12.5 Å². The molecule has 0 N–H and O–H groups in total. The van der Waals surface area contributed by atoms with Gasteiger partial charge in [0.05, 0.1) is 5.02 Å². The van der Waals surface area contributed by atoms with Crippen molar-refractivity contribution in [2.45, 2.75) is 31.2 Å². The van der Waals surface area contributed by atoms with E-state index >= 15 is 0 Å². The fourth-order valence-electron chi connectivity index (χ4n) is 2.28. The molecular weight excluding hydrogens is 295 g/mol. The van der Waals surface area contributed by atoms with Crippen LogP contribution >= 0.6 is 23.2 Å². The molecule has 2 atom stereocenters. The van der Waals surface area contributed by atoms with Crippen LogP contribution in [0.25, 0.3) is 0 Å². The molecule has 0 aliphatic carbocycles. The number of aromatic nitrogens is 1. The van der Waals surface area contributed by atoms with E-state index in [2.05, 4.69) is 4.98 Å². The van der Waals surface area contributed by atoms with Gasteiger partial charge in [-0.05, 0) is 25.3 Å². The van der Waals surface area contributed by atoms with Crippen LogP contribution in [0.4, 0.5) is 0 Å². The van der Waals surface area contributed by atoms with E-state index in [1.807, 2.05) is 13.8 Å². The Bertz CT molecular complexity index is 562. The third kappa shape index (κ3) is 2.50. The Hall–Kier alpha value is -0.360. The summed E-state index contributed by atoms with van der Waals surface area (Å²) in [5.41, 5.74) is 0. The molecule has 2 rings (SSSR count). The lowest BCUT2D eigenvalue weighted by Crippen LogP contribution is -2.34. The van der Waals surface area contributed by atoms with Gasteiger partial charge in [0.1, 0.15) is 10.0 Å². The summed E-state index contributed by atoms with van der Waals surface area (Å²) in [6, 6.07) is 1.35. The molecule has 18 heavy (non-hydrogen) atoms. The van der Waals surface area contributed by atoms with Crippen molar-refractivity contribution in [3.8, 4) is 0 Å². The molecule has 0 spiro atoms. The summed E-state index contributed by atoms with van der Waals surface area (Å²) in [6.45, 7) is 4.48. The zero-order valence-electron chi connectivity index (χ0n) is 10.1. The van der Waals surface area contributed by atoms with Crippen LogP contribution in [-0.4, -0.2) is 30.3 Å². The quantitative estimate of drug-likeness (QED) is 0.789. The third-order valence-corrected chi connectivity index (χ3v) is 5.74. The molecule has 1 aromatic heterocycles. The fraction of sp³-hybridized carbons (Fsp3) is 0.545. The molecule has 1 aromatic rings. The minimum Gasteiger partial charge on any atom is -0.242 e. The Morgan fingerprint density at radius 3 is 2.56 bits per heavy atom. The first-order valence-electron chi connectivity index (χ1n) is 5.65. The molecule has 100 valence electrons. The molecule has 0 radical (unpaired) electrons. The molecule has 0 amide bonds. The maximum absolute atomic E-state index is 12.4. The van der Waals surface area contributed by atoms with Gasteiger partial charge in [-0.1, -0.05) is 30.1 Å². The van der Waals surface area contributed by atoms with E-state index in [1.54, 1.807) is 0 Å². The summed E-state index contributed by atoms with van der Waals surface area (Å²) in [6.07, 6.45) is 2.12. The van der Waals surface area contributed by atoms with Crippen LogP contribution in [0, 0.1) is 5.92 Å².